The summed E-state index contributed by atoms with van der Waals surface area (Å²) in [5.74, 6) is 0.882. The van der Waals surface area contributed by atoms with Gasteiger partial charge in [-0.15, -0.1) is 0 Å². The van der Waals surface area contributed by atoms with E-state index in [0.29, 0.717) is 0 Å². The van der Waals surface area contributed by atoms with Crippen LogP contribution in [0.15, 0.2) is 0 Å². The highest BCUT2D eigenvalue weighted by molar-refractivity contribution is 4.53. The van der Waals surface area contributed by atoms with Gasteiger partial charge in [0.15, 0.2) is 0 Å². The predicted octanol–water partition coefficient (Wildman–Crippen LogP) is 3.93. The van der Waals surface area contributed by atoms with Crippen molar-refractivity contribution in [2.45, 2.75) is 59.3 Å². The summed E-state index contributed by atoms with van der Waals surface area (Å²) in [5.41, 5.74) is 0. The summed E-state index contributed by atoms with van der Waals surface area (Å²) in [7, 11) is 2.25. The van der Waals surface area contributed by atoms with Crippen molar-refractivity contribution in [1.82, 2.24) is 4.90 Å². The van der Waals surface area contributed by atoms with Crippen LogP contribution in [0.2, 0.25) is 0 Å². The monoisotopic (exact) mass is 199 g/mol. The Labute approximate surface area is 90.9 Å². The summed E-state index contributed by atoms with van der Waals surface area (Å²) < 4.78 is 0. The van der Waals surface area contributed by atoms with Crippen LogP contribution in [-0.2, 0) is 0 Å². The summed E-state index contributed by atoms with van der Waals surface area (Å²) in [6, 6.07) is 0. The Kier molecular flexibility index (Phi) is 9.49. The van der Waals surface area contributed by atoms with Gasteiger partial charge in [-0.05, 0) is 38.9 Å². The van der Waals surface area contributed by atoms with Crippen molar-refractivity contribution >= 4 is 0 Å². The van der Waals surface area contributed by atoms with Crippen LogP contribution in [-0.4, -0.2) is 25.0 Å². The zero-order chi connectivity index (χ0) is 10.8. The van der Waals surface area contributed by atoms with Gasteiger partial charge in [-0.25, -0.2) is 0 Å². The molecule has 0 spiro atoms. The maximum atomic E-state index is 2.47. The third-order valence-corrected chi connectivity index (χ3v) is 2.71. The Morgan fingerprint density at radius 1 is 0.929 bits per heavy atom. The first-order chi connectivity index (χ1) is 6.66. The second-order valence-corrected chi connectivity index (χ2v) is 4.90. The van der Waals surface area contributed by atoms with E-state index in [9.17, 15) is 0 Å². The first-order valence-electron chi connectivity index (χ1n) is 6.35. The summed E-state index contributed by atoms with van der Waals surface area (Å²) in [4.78, 5) is 2.47. The van der Waals surface area contributed by atoms with Gasteiger partial charge in [0.25, 0.3) is 0 Å². The average Bonchev–Trinajstić information content (AvgIpc) is 2.13. The molecule has 0 aliphatic heterocycles. The molecule has 0 N–H and O–H groups in total. The summed E-state index contributed by atoms with van der Waals surface area (Å²) in [5, 5.41) is 0. The molecule has 0 fully saturated rings. The lowest BCUT2D eigenvalue weighted by Crippen LogP contribution is -2.20. The minimum atomic E-state index is 0.882. The Morgan fingerprint density at radius 3 is 2.14 bits per heavy atom. The first-order valence-corrected chi connectivity index (χ1v) is 6.35. The Morgan fingerprint density at radius 2 is 1.57 bits per heavy atom. The molecule has 0 bridgehead atoms. The largest absolute Gasteiger partial charge is 0.306 e. The van der Waals surface area contributed by atoms with E-state index in [1.54, 1.807) is 0 Å². The average molecular weight is 199 g/mol. The van der Waals surface area contributed by atoms with E-state index < -0.39 is 0 Å². The van der Waals surface area contributed by atoms with E-state index in [4.69, 9.17) is 0 Å². The number of nitrogens with zero attached hydrogens (tertiary/aromatic N) is 1. The van der Waals surface area contributed by atoms with Crippen LogP contribution in [0, 0.1) is 5.92 Å². The second kappa shape index (κ2) is 9.51. The zero-order valence-corrected chi connectivity index (χ0v) is 10.7. The zero-order valence-electron chi connectivity index (χ0n) is 10.7. The third kappa shape index (κ3) is 10.0. The van der Waals surface area contributed by atoms with Crippen molar-refractivity contribution in [2.24, 2.45) is 5.92 Å². The molecule has 0 aromatic carbocycles. The third-order valence-electron chi connectivity index (χ3n) is 2.71. The molecular weight excluding hydrogens is 170 g/mol. The molecule has 1 heteroatoms. The molecule has 0 saturated carbocycles. The molecule has 1 nitrogen and oxygen atoms in total. The topological polar surface area (TPSA) is 3.24 Å². The van der Waals surface area contributed by atoms with Gasteiger partial charge in [0.05, 0.1) is 0 Å². The normalized spacial score (nSPS) is 11.6. The summed E-state index contributed by atoms with van der Waals surface area (Å²) in [6.45, 7) is 9.45. The molecule has 0 aromatic rings. The summed E-state index contributed by atoms with van der Waals surface area (Å²) >= 11 is 0. The van der Waals surface area contributed by atoms with Crippen LogP contribution in [0.5, 0.6) is 0 Å². The van der Waals surface area contributed by atoms with Gasteiger partial charge >= 0.3 is 0 Å². The molecule has 86 valence electrons. The standard InChI is InChI=1S/C13H29N/c1-5-6-11-14(4)12-9-7-8-10-13(2)3/h13H,5-12H2,1-4H3. The molecule has 0 rings (SSSR count). The Hall–Kier alpha value is -0.0400. The Bertz CT molecular complexity index is 110. The quantitative estimate of drug-likeness (QED) is 0.508. The minimum Gasteiger partial charge on any atom is -0.306 e. The summed E-state index contributed by atoms with van der Waals surface area (Å²) in [6.07, 6.45) is 8.28. The van der Waals surface area contributed by atoms with Gasteiger partial charge in [0.2, 0.25) is 0 Å². The van der Waals surface area contributed by atoms with E-state index in [2.05, 4.69) is 32.7 Å². The predicted molar refractivity (Wildman–Crippen MR) is 65.7 cm³/mol. The van der Waals surface area contributed by atoms with Gasteiger partial charge in [-0.2, -0.15) is 0 Å². The van der Waals surface area contributed by atoms with Gasteiger partial charge in [0, 0.05) is 0 Å². The Balaban J connectivity index is 3.10. The van der Waals surface area contributed by atoms with E-state index in [1.165, 1.54) is 51.6 Å². The van der Waals surface area contributed by atoms with Gasteiger partial charge < -0.3 is 4.90 Å². The molecular formula is C13H29N. The highest BCUT2D eigenvalue weighted by atomic mass is 15.1. The molecule has 0 aliphatic carbocycles. The molecule has 0 saturated heterocycles. The number of hydrogen-bond acceptors (Lipinski definition) is 1. The van der Waals surface area contributed by atoms with Crippen LogP contribution < -0.4 is 0 Å². The lowest BCUT2D eigenvalue weighted by molar-refractivity contribution is 0.317. The molecule has 0 aliphatic rings. The lowest BCUT2D eigenvalue weighted by atomic mass is 10.1. The highest BCUT2D eigenvalue weighted by Gasteiger charge is 1.98. The minimum absolute atomic E-state index is 0.882. The van der Waals surface area contributed by atoms with Crippen LogP contribution in [0.3, 0.4) is 0 Å². The fourth-order valence-electron chi connectivity index (χ4n) is 1.65. The van der Waals surface area contributed by atoms with Crippen LogP contribution >= 0.6 is 0 Å². The lowest BCUT2D eigenvalue weighted by Gasteiger charge is -2.15. The van der Waals surface area contributed by atoms with Gasteiger partial charge in [-0.1, -0.05) is 46.5 Å². The van der Waals surface area contributed by atoms with Crippen LogP contribution in [0.25, 0.3) is 0 Å². The number of unbranched alkanes of at least 4 members (excludes halogenated alkanes) is 3. The highest BCUT2D eigenvalue weighted by Crippen LogP contribution is 2.08. The van der Waals surface area contributed by atoms with E-state index >= 15 is 0 Å². The number of hydrogen-bond donors (Lipinski definition) is 0. The van der Waals surface area contributed by atoms with Crippen molar-refractivity contribution in [3.05, 3.63) is 0 Å². The maximum Gasteiger partial charge on any atom is -0.00218 e. The van der Waals surface area contributed by atoms with Crippen molar-refractivity contribution in [3.8, 4) is 0 Å². The fourth-order valence-corrected chi connectivity index (χ4v) is 1.65. The van der Waals surface area contributed by atoms with E-state index in [-0.39, 0.29) is 0 Å². The first kappa shape index (κ1) is 14.0. The van der Waals surface area contributed by atoms with Crippen molar-refractivity contribution in [3.63, 3.8) is 0 Å². The van der Waals surface area contributed by atoms with Gasteiger partial charge in [-0.3, -0.25) is 0 Å². The number of rotatable bonds is 9. The molecule has 0 heterocycles. The molecule has 0 radical (unpaired) electrons. The van der Waals surface area contributed by atoms with Crippen molar-refractivity contribution < 1.29 is 0 Å². The molecule has 0 unspecified atom stereocenters. The van der Waals surface area contributed by atoms with Crippen LogP contribution in [0.4, 0.5) is 0 Å². The molecule has 0 aromatic heterocycles. The SMILES string of the molecule is CCCCN(C)CCCCCC(C)C. The second-order valence-electron chi connectivity index (χ2n) is 4.90. The molecule has 14 heavy (non-hydrogen) atoms. The maximum absolute atomic E-state index is 2.47. The van der Waals surface area contributed by atoms with E-state index in [0.717, 1.165) is 5.92 Å². The van der Waals surface area contributed by atoms with Crippen molar-refractivity contribution in [2.75, 3.05) is 20.1 Å². The fraction of sp³-hybridized carbons (Fsp3) is 1.00. The van der Waals surface area contributed by atoms with Crippen LogP contribution in [0.1, 0.15) is 59.3 Å². The smallest absolute Gasteiger partial charge is 0.00218 e. The molecule has 0 amide bonds. The van der Waals surface area contributed by atoms with E-state index in [1.807, 2.05) is 0 Å². The molecule has 0 atom stereocenters. The van der Waals surface area contributed by atoms with Gasteiger partial charge in [0.1, 0.15) is 0 Å². The van der Waals surface area contributed by atoms with Crippen molar-refractivity contribution in [1.29, 1.82) is 0 Å².